The van der Waals surface area contributed by atoms with E-state index in [1.807, 2.05) is 0 Å². The lowest BCUT2D eigenvalue weighted by Gasteiger charge is -2.16. The number of amides is 1. The molecule has 7 heteroatoms. The van der Waals surface area contributed by atoms with Crippen LogP contribution in [0.25, 0.3) is 11.3 Å². The molecule has 1 heterocycles. The monoisotopic (exact) mass is 393 g/mol. The fourth-order valence-electron chi connectivity index (χ4n) is 3.19. The number of benzene rings is 2. The molecule has 1 amide bonds. The Hall–Kier alpha value is -3.03. The van der Waals surface area contributed by atoms with Gasteiger partial charge >= 0.3 is 0 Å². The van der Waals surface area contributed by atoms with E-state index in [9.17, 15) is 18.7 Å². The van der Waals surface area contributed by atoms with E-state index in [4.69, 9.17) is 0 Å². The Bertz CT molecular complexity index is 1040. The summed E-state index contributed by atoms with van der Waals surface area (Å²) in [6.45, 7) is 0. The number of nitrogens with zero attached hydrogens (tertiary/aromatic N) is 1. The second kappa shape index (κ2) is 7.18. The minimum Gasteiger partial charge on any atom is -0.768 e. The molecule has 0 aliphatic heterocycles. The number of pyridine rings is 1. The predicted molar refractivity (Wildman–Crippen MR) is 105 cm³/mol. The minimum absolute atomic E-state index is 0.125. The summed E-state index contributed by atoms with van der Waals surface area (Å²) in [4.78, 5) is 17.6. The van der Waals surface area contributed by atoms with Gasteiger partial charge in [-0.25, -0.2) is 4.98 Å². The van der Waals surface area contributed by atoms with Crippen LogP contribution >= 0.6 is 0 Å². The van der Waals surface area contributed by atoms with Gasteiger partial charge in [0.15, 0.2) is 0 Å². The molecule has 0 spiro atoms. The van der Waals surface area contributed by atoms with Gasteiger partial charge in [-0.15, -0.1) is 0 Å². The summed E-state index contributed by atoms with van der Waals surface area (Å²) in [5, 5.41) is 12.3. The molecule has 0 bridgehead atoms. The van der Waals surface area contributed by atoms with Gasteiger partial charge in [0.2, 0.25) is 5.91 Å². The summed E-state index contributed by atoms with van der Waals surface area (Å²) >= 11 is -2.27. The third-order valence-corrected chi connectivity index (χ3v) is 5.59. The van der Waals surface area contributed by atoms with Crippen LogP contribution in [-0.2, 0) is 21.3 Å². The Labute approximate surface area is 164 Å². The fourth-order valence-corrected chi connectivity index (χ4v) is 3.55. The Morgan fingerprint density at radius 3 is 2.32 bits per heavy atom. The highest BCUT2D eigenvalue weighted by molar-refractivity contribution is 7.79. The van der Waals surface area contributed by atoms with Crippen molar-refractivity contribution in [1.29, 1.82) is 0 Å². The molecule has 1 aliphatic rings. The molecule has 1 aromatic heterocycles. The third-order valence-electron chi connectivity index (χ3n) is 4.94. The molecule has 6 nitrogen and oxygen atoms in total. The maximum absolute atomic E-state index is 12.9. The number of nitrogens with one attached hydrogen (secondary N) is 1. The molecule has 0 saturated heterocycles. The molecule has 2 aromatic carbocycles. The van der Waals surface area contributed by atoms with Crippen molar-refractivity contribution in [3.05, 3.63) is 72.3 Å². The van der Waals surface area contributed by atoms with Crippen molar-refractivity contribution in [2.45, 2.75) is 23.2 Å². The number of phenols is 1. The second-order valence-corrected chi connectivity index (χ2v) is 7.69. The van der Waals surface area contributed by atoms with Crippen LogP contribution in [0.2, 0.25) is 0 Å². The van der Waals surface area contributed by atoms with Crippen LogP contribution in [0.15, 0.2) is 71.6 Å². The van der Waals surface area contributed by atoms with Gasteiger partial charge in [-0.3, -0.25) is 9.00 Å². The Morgan fingerprint density at radius 1 is 1.04 bits per heavy atom. The zero-order valence-electron chi connectivity index (χ0n) is 14.8. The molecule has 142 valence electrons. The Balaban J connectivity index is 1.54. The van der Waals surface area contributed by atoms with Crippen molar-refractivity contribution in [3.63, 3.8) is 0 Å². The van der Waals surface area contributed by atoms with E-state index in [1.54, 1.807) is 54.6 Å². The molecular weight excluding hydrogens is 376 g/mol. The van der Waals surface area contributed by atoms with Crippen molar-refractivity contribution >= 4 is 22.8 Å². The molecule has 1 unspecified atom stereocenters. The molecule has 3 aromatic rings. The molecule has 1 saturated carbocycles. The lowest BCUT2D eigenvalue weighted by molar-refractivity contribution is -0.118. The zero-order valence-corrected chi connectivity index (χ0v) is 15.6. The SMILES string of the molecule is O=C(Nc1cccc(-c2ccc(S(=O)[O-])cc2)n1)C1(c2ccc(O)cc2)CC1. The van der Waals surface area contributed by atoms with Crippen LogP contribution in [0, 0.1) is 0 Å². The zero-order chi connectivity index (χ0) is 19.7. The van der Waals surface area contributed by atoms with Gasteiger partial charge in [-0.1, -0.05) is 30.3 Å². The number of rotatable bonds is 5. The van der Waals surface area contributed by atoms with Gasteiger partial charge in [0.25, 0.3) is 0 Å². The number of carbonyl (C=O) groups is 1. The van der Waals surface area contributed by atoms with Gasteiger partial charge in [0.1, 0.15) is 11.6 Å². The Kier molecular flexibility index (Phi) is 4.70. The number of aromatic hydroxyl groups is 1. The Morgan fingerprint density at radius 2 is 1.71 bits per heavy atom. The quantitative estimate of drug-likeness (QED) is 0.647. The van der Waals surface area contributed by atoms with Crippen LogP contribution in [-0.4, -0.2) is 24.8 Å². The van der Waals surface area contributed by atoms with Gasteiger partial charge < -0.3 is 15.0 Å². The smallest absolute Gasteiger partial charge is 0.236 e. The first-order valence-electron chi connectivity index (χ1n) is 8.76. The number of phenolic OH excluding ortho intramolecular Hbond substituents is 1. The summed E-state index contributed by atoms with van der Waals surface area (Å²) in [5.41, 5.74) is 1.69. The number of carbonyl (C=O) groups excluding carboxylic acids is 1. The van der Waals surface area contributed by atoms with E-state index in [1.165, 1.54) is 12.1 Å². The number of hydrogen-bond donors (Lipinski definition) is 2. The van der Waals surface area contributed by atoms with Gasteiger partial charge in [0.05, 0.1) is 11.1 Å². The van der Waals surface area contributed by atoms with Crippen LogP contribution in [0.3, 0.4) is 0 Å². The summed E-state index contributed by atoms with van der Waals surface area (Å²) < 4.78 is 22.0. The average molecular weight is 393 g/mol. The molecular formula is C21H17N2O4S-. The first-order chi connectivity index (χ1) is 13.5. The van der Waals surface area contributed by atoms with E-state index >= 15 is 0 Å². The van der Waals surface area contributed by atoms with Crippen molar-refractivity contribution in [2.75, 3.05) is 5.32 Å². The van der Waals surface area contributed by atoms with Gasteiger partial charge in [0, 0.05) is 10.5 Å². The average Bonchev–Trinajstić information content (AvgIpc) is 3.51. The van der Waals surface area contributed by atoms with E-state index < -0.39 is 16.5 Å². The highest BCUT2D eigenvalue weighted by atomic mass is 32.2. The van der Waals surface area contributed by atoms with E-state index in [2.05, 4.69) is 10.3 Å². The second-order valence-electron chi connectivity index (χ2n) is 6.75. The molecule has 4 rings (SSSR count). The molecule has 28 heavy (non-hydrogen) atoms. The lowest BCUT2D eigenvalue weighted by atomic mass is 9.95. The number of anilines is 1. The lowest BCUT2D eigenvalue weighted by Crippen LogP contribution is -2.28. The minimum atomic E-state index is -2.27. The van der Waals surface area contributed by atoms with Crippen LogP contribution in [0.1, 0.15) is 18.4 Å². The van der Waals surface area contributed by atoms with Crippen molar-refractivity contribution < 1.29 is 18.7 Å². The first kappa shape index (κ1) is 18.3. The first-order valence-corrected chi connectivity index (χ1v) is 9.83. The highest BCUT2D eigenvalue weighted by Crippen LogP contribution is 2.49. The summed E-state index contributed by atoms with van der Waals surface area (Å²) in [6.07, 6.45) is 1.49. The van der Waals surface area contributed by atoms with E-state index in [0.717, 1.165) is 24.0 Å². The molecule has 0 radical (unpaired) electrons. The topological polar surface area (TPSA) is 102 Å². The number of aromatic nitrogens is 1. The molecule has 1 aliphatic carbocycles. The summed E-state index contributed by atoms with van der Waals surface area (Å²) in [5.74, 6) is 0.477. The van der Waals surface area contributed by atoms with Crippen molar-refractivity contribution in [1.82, 2.24) is 4.98 Å². The van der Waals surface area contributed by atoms with Crippen LogP contribution in [0.5, 0.6) is 5.75 Å². The normalized spacial score (nSPS) is 15.6. The molecule has 1 fully saturated rings. The summed E-state index contributed by atoms with van der Waals surface area (Å²) in [6, 6.07) is 18.4. The van der Waals surface area contributed by atoms with Crippen molar-refractivity contribution in [2.24, 2.45) is 0 Å². The third kappa shape index (κ3) is 3.54. The largest absolute Gasteiger partial charge is 0.768 e. The summed E-state index contributed by atoms with van der Waals surface area (Å²) in [7, 11) is 0. The maximum Gasteiger partial charge on any atom is 0.236 e. The number of hydrogen-bond acceptors (Lipinski definition) is 5. The maximum atomic E-state index is 12.9. The highest BCUT2D eigenvalue weighted by Gasteiger charge is 2.51. The van der Waals surface area contributed by atoms with E-state index in [0.29, 0.717) is 11.5 Å². The molecule has 1 atom stereocenters. The van der Waals surface area contributed by atoms with Crippen molar-refractivity contribution in [3.8, 4) is 17.0 Å². The standard InChI is InChI=1S/C21H18N2O4S/c24-16-8-6-15(7-9-16)21(12-13-21)20(25)23-19-3-1-2-18(22-19)14-4-10-17(11-5-14)28(26)27/h1-11,24H,12-13H2,(H,26,27)(H,22,23,25)/p-1. The van der Waals surface area contributed by atoms with Crippen LogP contribution < -0.4 is 5.32 Å². The van der Waals surface area contributed by atoms with E-state index in [-0.39, 0.29) is 16.6 Å². The predicted octanol–water partition coefficient (Wildman–Crippen LogP) is 3.36. The fraction of sp³-hybridized carbons (Fsp3) is 0.143. The van der Waals surface area contributed by atoms with Gasteiger partial charge in [-0.05, 0) is 65.9 Å². The molecule has 2 N–H and O–H groups in total. The van der Waals surface area contributed by atoms with Crippen LogP contribution in [0.4, 0.5) is 5.82 Å². The van der Waals surface area contributed by atoms with Gasteiger partial charge in [-0.2, -0.15) is 0 Å².